The second-order valence-corrected chi connectivity index (χ2v) is 7.77. The number of benzene rings is 1. The Labute approximate surface area is 141 Å². The fourth-order valence-corrected chi connectivity index (χ4v) is 4.85. The highest BCUT2D eigenvalue weighted by atomic mass is 16.2. The van der Waals surface area contributed by atoms with Crippen molar-refractivity contribution in [1.29, 1.82) is 0 Å². The summed E-state index contributed by atoms with van der Waals surface area (Å²) in [5.74, 6) is 0.288. The van der Waals surface area contributed by atoms with Gasteiger partial charge >= 0.3 is 0 Å². The molecule has 0 aliphatic heterocycles. The van der Waals surface area contributed by atoms with E-state index in [0.29, 0.717) is 18.8 Å². The summed E-state index contributed by atoms with van der Waals surface area (Å²) < 4.78 is 0. The van der Waals surface area contributed by atoms with Crippen LogP contribution in [-0.4, -0.2) is 16.7 Å². The minimum absolute atomic E-state index is 0.108. The number of Topliss-reactive ketones (excluding diaryl/α,β-unsaturated/α-hetero) is 1. The molecule has 2 aliphatic rings. The van der Waals surface area contributed by atoms with Crippen molar-refractivity contribution in [1.82, 2.24) is 4.98 Å². The average molecular weight is 322 g/mol. The smallest absolute Gasteiger partial charge is 0.238 e. The molecule has 2 aromatic rings. The number of pyridine rings is 1. The molecule has 2 fully saturated rings. The quantitative estimate of drug-likeness (QED) is 0.854. The van der Waals surface area contributed by atoms with Crippen molar-refractivity contribution in [3.8, 4) is 0 Å². The summed E-state index contributed by atoms with van der Waals surface area (Å²) in [6.07, 6.45) is 2.16. The Morgan fingerprint density at radius 1 is 1.29 bits per heavy atom. The van der Waals surface area contributed by atoms with Crippen LogP contribution >= 0.6 is 0 Å². The van der Waals surface area contributed by atoms with Gasteiger partial charge in [-0.3, -0.25) is 14.6 Å². The lowest BCUT2D eigenvalue weighted by molar-refractivity contribution is -0.141. The summed E-state index contributed by atoms with van der Waals surface area (Å²) in [6.45, 7) is 6.06. The Balaban J connectivity index is 1.77. The van der Waals surface area contributed by atoms with Crippen LogP contribution in [0.25, 0.3) is 10.9 Å². The van der Waals surface area contributed by atoms with Crippen molar-refractivity contribution in [3.63, 3.8) is 0 Å². The maximum absolute atomic E-state index is 13.2. The van der Waals surface area contributed by atoms with E-state index in [1.54, 1.807) is 0 Å². The first-order chi connectivity index (χ1) is 11.4. The molecule has 1 aromatic heterocycles. The summed E-state index contributed by atoms with van der Waals surface area (Å²) in [5.41, 5.74) is 1.30. The van der Waals surface area contributed by atoms with Crippen LogP contribution in [0.5, 0.6) is 0 Å². The van der Waals surface area contributed by atoms with Crippen LogP contribution in [0.15, 0.2) is 30.3 Å². The number of carbonyl (C=O) groups excluding carboxylic acids is 2. The third kappa shape index (κ3) is 1.83. The standard InChI is InChI=1S/C20H22N2O2/c1-12-10-16(14-6-4-5-7-15(14)21-12)22-18(24)20-9-8-13(11-17(20)23)19(20,2)3/h4-7,10,13H,8-9,11H2,1-3H3,(H,21,22,24). The Morgan fingerprint density at radius 2 is 2.04 bits per heavy atom. The molecular formula is C20H22N2O2. The van der Waals surface area contributed by atoms with Gasteiger partial charge in [-0.05, 0) is 43.2 Å². The van der Waals surface area contributed by atoms with Gasteiger partial charge in [-0.2, -0.15) is 0 Å². The minimum Gasteiger partial charge on any atom is -0.325 e. The molecule has 24 heavy (non-hydrogen) atoms. The maximum Gasteiger partial charge on any atom is 0.238 e. The molecule has 1 heterocycles. The van der Waals surface area contributed by atoms with Gasteiger partial charge in [0.2, 0.25) is 5.91 Å². The summed E-state index contributed by atoms with van der Waals surface area (Å²) >= 11 is 0. The Bertz CT molecular complexity index is 871. The number of aromatic nitrogens is 1. The molecule has 0 saturated heterocycles. The Kier molecular flexibility index (Phi) is 3.11. The number of para-hydroxylation sites is 1. The molecule has 2 unspecified atom stereocenters. The lowest BCUT2D eigenvalue weighted by atomic mass is 9.68. The molecule has 4 heteroatoms. The van der Waals surface area contributed by atoms with Gasteiger partial charge in [0.05, 0.1) is 11.2 Å². The molecule has 2 saturated carbocycles. The van der Waals surface area contributed by atoms with Crippen molar-refractivity contribution in [2.24, 2.45) is 16.7 Å². The van der Waals surface area contributed by atoms with Crippen molar-refractivity contribution in [2.45, 2.75) is 40.0 Å². The topological polar surface area (TPSA) is 59.1 Å². The molecule has 2 bridgehead atoms. The van der Waals surface area contributed by atoms with E-state index in [4.69, 9.17) is 0 Å². The molecule has 1 aromatic carbocycles. The molecule has 4 rings (SSSR count). The van der Waals surface area contributed by atoms with E-state index in [-0.39, 0.29) is 17.1 Å². The summed E-state index contributed by atoms with van der Waals surface area (Å²) in [6, 6.07) is 9.64. The zero-order chi connectivity index (χ0) is 17.1. The van der Waals surface area contributed by atoms with Crippen molar-refractivity contribution in [2.75, 3.05) is 5.32 Å². The van der Waals surface area contributed by atoms with Gasteiger partial charge in [0.15, 0.2) is 0 Å². The van der Waals surface area contributed by atoms with Gasteiger partial charge in [0.1, 0.15) is 11.2 Å². The number of hydrogen-bond donors (Lipinski definition) is 1. The second-order valence-electron chi connectivity index (χ2n) is 7.77. The van der Waals surface area contributed by atoms with Crippen LogP contribution in [0.3, 0.4) is 0 Å². The highest BCUT2D eigenvalue weighted by Crippen LogP contribution is 2.64. The van der Waals surface area contributed by atoms with Gasteiger partial charge < -0.3 is 5.32 Å². The third-order valence-electron chi connectivity index (χ3n) is 6.38. The summed E-state index contributed by atoms with van der Waals surface area (Å²) in [7, 11) is 0. The zero-order valence-corrected chi connectivity index (χ0v) is 14.3. The van der Waals surface area contributed by atoms with E-state index in [9.17, 15) is 9.59 Å². The first kappa shape index (κ1) is 15.3. The number of anilines is 1. The zero-order valence-electron chi connectivity index (χ0n) is 14.3. The first-order valence-corrected chi connectivity index (χ1v) is 8.57. The van der Waals surface area contributed by atoms with Gasteiger partial charge in [0.25, 0.3) is 0 Å². The first-order valence-electron chi connectivity index (χ1n) is 8.57. The van der Waals surface area contributed by atoms with E-state index < -0.39 is 5.41 Å². The highest BCUT2D eigenvalue weighted by Gasteiger charge is 2.68. The van der Waals surface area contributed by atoms with Crippen molar-refractivity contribution in [3.05, 3.63) is 36.0 Å². The monoisotopic (exact) mass is 322 g/mol. The number of fused-ring (bicyclic) bond motifs is 3. The van der Waals surface area contributed by atoms with E-state index in [0.717, 1.165) is 28.7 Å². The molecule has 1 amide bonds. The number of nitrogens with zero attached hydrogens (tertiary/aromatic N) is 1. The van der Waals surface area contributed by atoms with E-state index in [1.165, 1.54) is 0 Å². The predicted octanol–water partition coefficient (Wildman–Crippen LogP) is 3.88. The average Bonchev–Trinajstić information content (AvgIpc) is 2.90. The van der Waals surface area contributed by atoms with Crippen LogP contribution < -0.4 is 5.32 Å². The van der Waals surface area contributed by atoms with Gasteiger partial charge in [-0.15, -0.1) is 0 Å². The molecule has 0 radical (unpaired) electrons. The normalized spacial score (nSPS) is 27.6. The van der Waals surface area contributed by atoms with E-state index >= 15 is 0 Å². The lowest BCUT2D eigenvalue weighted by Gasteiger charge is -2.35. The van der Waals surface area contributed by atoms with Crippen molar-refractivity contribution >= 4 is 28.3 Å². The van der Waals surface area contributed by atoms with E-state index in [1.807, 2.05) is 37.3 Å². The van der Waals surface area contributed by atoms with Crippen LogP contribution in [0.2, 0.25) is 0 Å². The van der Waals surface area contributed by atoms with Crippen LogP contribution in [0.1, 0.15) is 38.8 Å². The van der Waals surface area contributed by atoms with E-state index in [2.05, 4.69) is 24.1 Å². The summed E-state index contributed by atoms with van der Waals surface area (Å²) in [4.78, 5) is 30.4. The molecule has 4 nitrogen and oxygen atoms in total. The maximum atomic E-state index is 13.2. The number of aryl methyl sites for hydroxylation is 1. The van der Waals surface area contributed by atoms with Crippen molar-refractivity contribution < 1.29 is 9.59 Å². The highest BCUT2D eigenvalue weighted by molar-refractivity contribution is 6.15. The molecule has 124 valence electrons. The molecular weight excluding hydrogens is 300 g/mol. The fraction of sp³-hybridized carbons (Fsp3) is 0.450. The number of ketones is 1. The molecule has 1 N–H and O–H groups in total. The van der Waals surface area contributed by atoms with Gasteiger partial charge in [-0.25, -0.2) is 0 Å². The van der Waals surface area contributed by atoms with Gasteiger partial charge in [-0.1, -0.05) is 32.0 Å². The Morgan fingerprint density at radius 3 is 2.71 bits per heavy atom. The minimum atomic E-state index is -0.879. The largest absolute Gasteiger partial charge is 0.325 e. The molecule has 0 spiro atoms. The van der Waals surface area contributed by atoms with Crippen LogP contribution in [-0.2, 0) is 9.59 Å². The Hall–Kier alpha value is -2.23. The molecule has 2 aliphatic carbocycles. The predicted molar refractivity (Wildman–Crippen MR) is 93.7 cm³/mol. The van der Waals surface area contributed by atoms with Crippen LogP contribution in [0.4, 0.5) is 5.69 Å². The number of amides is 1. The summed E-state index contributed by atoms with van der Waals surface area (Å²) in [5, 5.41) is 3.98. The SMILES string of the molecule is Cc1cc(NC(=O)C23CCC(CC2=O)C3(C)C)c2ccccc2n1. The number of hydrogen-bond acceptors (Lipinski definition) is 3. The van der Waals surface area contributed by atoms with Gasteiger partial charge in [0, 0.05) is 17.5 Å². The third-order valence-corrected chi connectivity index (χ3v) is 6.38. The molecule has 2 atom stereocenters. The number of nitrogens with one attached hydrogen (secondary N) is 1. The fourth-order valence-electron chi connectivity index (χ4n) is 4.85. The number of rotatable bonds is 2. The lowest BCUT2D eigenvalue weighted by Crippen LogP contribution is -2.46. The second kappa shape index (κ2) is 4.88. The van der Waals surface area contributed by atoms with Crippen LogP contribution in [0, 0.1) is 23.7 Å². The number of carbonyl (C=O) groups is 2.